The summed E-state index contributed by atoms with van der Waals surface area (Å²) in [6, 6.07) is 8.18. The fraction of sp³-hybridized carbons (Fsp3) is 0.400. The van der Waals surface area contributed by atoms with Crippen LogP contribution >= 0.6 is 0 Å². The van der Waals surface area contributed by atoms with Crippen LogP contribution < -0.4 is 16.6 Å². The van der Waals surface area contributed by atoms with Crippen molar-refractivity contribution in [2.75, 3.05) is 31.6 Å². The van der Waals surface area contributed by atoms with Gasteiger partial charge in [-0.1, -0.05) is 6.07 Å². The van der Waals surface area contributed by atoms with Gasteiger partial charge in [0.05, 0.1) is 24.5 Å². The zero-order valence-corrected chi connectivity index (χ0v) is 16.1. The third kappa shape index (κ3) is 5.68. The molecule has 0 saturated carbocycles. The van der Waals surface area contributed by atoms with Gasteiger partial charge in [-0.15, -0.1) is 0 Å². The van der Waals surface area contributed by atoms with Gasteiger partial charge in [0, 0.05) is 37.0 Å². The molecule has 3 rings (SSSR count). The smallest absolute Gasteiger partial charge is 0.261 e. The van der Waals surface area contributed by atoms with Crippen LogP contribution in [0.25, 0.3) is 5.69 Å². The van der Waals surface area contributed by atoms with Crippen LogP contribution in [0.15, 0.2) is 47.4 Å². The lowest BCUT2D eigenvalue weighted by atomic mass is 10.2. The Morgan fingerprint density at radius 3 is 2.80 bits per heavy atom. The fourth-order valence-corrected chi connectivity index (χ4v) is 3.45. The third-order valence-electron chi connectivity index (χ3n) is 4.79. The van der Waals surface area contributed by atoms with Crippen molar-refractivity contribution in [3.63, 3.8) is 0 Å². The summed E-state index contributed by atoms with van der Waals surface area (Å²) in [4.78, 5) is 26.0. The molecule has 1 saturated heterocycles. The number of halogens is 3. The van der Waals surface area contributed by atoms with Crippen LogP contribution in [0.5, 0.6) is 0 Å². The molecule has 0 bridgehead atoms. The molecule has 10 heteroatoms. The van der Waals surface area contributed by atoms with Crippen molar-refractivity contribution < 1.29 is 22.7 Å². The first-order chi connectivity index (χ1) is 14.3. The Labute approximate surface area is 171 Å². The zero-order valence-electron chi connectivity index (χ0n) is 16.1. The number of pyridine rings is 1. The van der Waals surface area contributed by atoms with Crippen molar-refractivity contribution in [2.24, 2.45) is 5.73 Å². The van der Waals surface area contributed by atoms with Gasteiger partial charge < -0.3 is 15.8 Å². The Hall–Kier alpha value is -2.69. The van der Waals surface area contributed by atoms with Crippen molar-refractivity contribution in [2.45, 2.75) is 24.9 Å². The van der Waals surface area contributed by atoms with E-state index in [0.717, 1.165) is 6.07 Å². The van der Waals surface area contributed by atoms with Gasteiger partial charge in [0.1, 0.15) is 12.4 Å². The van der Waals surface area contributed by atoms with Gasteiger partial charge in [-0.2, -0.15) is 0 Å². The van der Waals surface area contributed by atoms with E-state index in [2.05, 4.69) is 5.32 Å². The number of amides is 1. The number of ether oxygens (including phenoxy) is 1. The number of benzene rings is 1. The molecule has 0 unspecified atom stereocenters. The Morgan fingerprint density at radius 1 is 1.30 bits per heavy atom. The molecule has 7 nitrogen and oxygen atoms in total. The third-order valence-corrected chi connectivity index (χ3v) is 4.79. The van der Waals surface area contributed by atoms with Crippen LogP contribution in [0.2, 0.25) is 0 Å². The maximum atomic E-state index is 14.5. The van der Waals surface area contributed by atoms with Crippen LogP contribution in [0, 0.1) is 5.82 Å². The summed E-state index contributed by atoms with van der Waals surface area (Å²) in [7, 11) is 0. The second-order valence-corrected chi connectivity index (χ2v) is 7.13. The number of carbonyl (C=O) groups excluding carboxylic acids is 1. The highest BCUT2D eigenvalue weighted by Crippen LogP contribution is 2.20. The van der Waals surface area contributed by atoms with E-state index in [9.17, 15) is 22.8 Å². The first kappa shape index (κ1) is 22.0. The molecule has 1 amide bonds. The minimum Gasteiger partial charge on any atom is -0.374 e. The highest BCUT2D eigenvalue weighted by molar-refractivity contribution is 5.92. The number of likely N-dealkylation sites (tertiary alicyclic amines) is 1. The molecule has 2 atom stereocenters. The van der Waals surface area contributed by atoms with E-state index in [1.165, 1.54) is 29.0 Å². The van der Waals surface area contributed by atoms with Gasteiger partial charge in [0.25, 0.3) is 12.0 Å². The van der Waals surface area contributed by atoms with Crippen LogP contribution in [0.4, 0.5) is 18.9 Å². The van der Waals surface area contributed by atoms with Crippen LogP contribution in [0.3, 0.4) is 0 Å². The molecular formula is C20H23F3N4O3. The number of alkyl halides is 2. The molecule has 1 aliphatic rings. The van der Waals surface area contributed by atoms with Crippen molar-refractivity contribution in [3.05, 3.63) is 58.8 Å². The van der Waals surface area contributed by atoms with Gasteiger partial charge in [0.15, 0.2) is 0 Å². The van der Waals surface area contributed by atoms with Crippen LogP contribution in [-0.2, 0) is 9.53 Å². The normalized spacial score (nSPS) is 19.4. The summed E-state index contributed by atoms with van der Waals surface area (Å²) in [5, 5.41) is 2.50. The first-order valence-electron chi connectivity index (χ1n) is 9.46. The molecule has 1 aromatic carbocycles. The number of rotatable bonds is 8. The molecule has 30 heavy (non-hydrogen) atoms. The molecule has 1 aromatic heterocycles. The Morgan fingerprint density at radius 2 is 2.10 bits per heavy atom. The molecule has 0 radical (unpaired) electrons. The molecule has 2 heterocycles. The number of anilines is 1. The van der Waals surface area contributed by atoms with Crippen molar-refractivity contribution in [1.29, 1.82) is 0 Å². The van der Waals surface area contributed by atoms with E-state index in [1.54, 1.807) is 17.0 Å². The number of hydrogen-bond acceptors (Lipinski definition) is 5. The second kappa shape index (κ2) is 9.88. The topological polar surface area (TPSA) is 89.6 Å². The summed E-state index contributed by atoms with van der Waals surface area (Å²) < 4.78 is 45.2. The Balaban J connectivity index is 1.61. The molecule has 1 aliphatic heterocycles. The first-order valence-corrected chi connectivity index (χ1v) is 9.46. The van der Waals surface area contributed by atoms with E-state index in [-0.39, 0.29) is 36.5 Å². The highest BCUT2D eigenvalue weighted by atomic mass is 19.3. The molecule has 3 N–H and O–H groups in total. The molecule has 1 fully saturated rings. The molecule has 0 spiro atoms. The predicted molar refractivity (Wildman–Crippen MR) is 105 cm³/mol. The van der Waals surface area contributed by atoms with Crippen molar-refractivity contribution in [1.82, 2.24) is 9.47 Å². The number of nitrogens with one attached hydrogen (secondary N) is 1. The van der Waals surface area contributed by atoms with Gasteiger partial charge in [-0.25, -0.2) is 13.2 Å². The maximum Gasteiger partial charge on any atom is 0.261 e. The van der Waals surface area contributed by atoms with Crippen molar-refractivity contribution in [3.8, 4) is 5.69 Å². The summed E-state index contributed by atoms with van der Waals surface area (Å²) in [5.74, 6) is -1.15. The highest BCUT2D eigenvalue weighted by Gasteiger charge is 2.31. The average Bonchev–Trinajstić information content (AvgIpc) is 3.02. The molecule has 162 valence electrons. The minimum absolute atomic E-state index is 0.0262. The predicted octanol–water partition coefficient (Wildman–Crippen LogP) is 1.60. The number of aromatic nitrogens is 1. The van der Waals surface area contributed by atoms with E-state index in [4.69, 9.17) is 10.5 Å². The second-order valence-electron chi connectivity index (χ2n) is 7.13. The quantitative estimate of drug-likeness (QED) is 0.672. The number of nitrogens with zero attached hydrogens (tertiary/aromatic N) is 2. The molecular weight excluding hydrogens is 401 g/mol. The van der Waals surface area contributed by atoms with Gasteiger partial charge in [0.2, 0.25) is 5.91 Å². The Kier molecular flexibility index (Phi) is 7.24. The largest absolute Gasteiger partial charge is 0.374 e. The SMILES string of the molecule is N[C@@H]1C[C@@H](COCC(F)F)N(CC(=O)Nc2ccc(-n3ccccc3=O)cc2F)C1. The summed E-state index contributed by atoms with van der Waals surface area (Å²) >= 11 is 0. The van der Waals surface area contributed by atoms with E-state index < -0.39 is 24.8 Å². The van der Waals surface area contributed by atoms with Crippen LogP contribution in [0.1, 0.15) is 6.42 Å². The lowest BCUT2D eigenvalue weighted by molar-refractivity contribution is -0.117. The summed E-state index contributed by atoms with van der Waals surface area (Å²) in [6.45, 7) is -0.293. The van der Waals surface area contributed by atoms with Gasteiger partial charge in [-0.05, 0) is 24.6 Å². The van der Waals surface area contributed by atoms with E-state index in [1.807, 2.05) is 0 Å². The summed E-state index contributed by atoms with van der Waals surface area (Å²) in [6.07, 6.45) is -0.525. The number of carbonyl (C=O) groups is 1. The molecule has 2 aromatic rings. The summed E-state index contributed by atoms with van der Waals surface area (Å²) in [5.41, 5.74) is 5.92. The standard InChI is InChI=1S/C20H23F3N4O3/c21-16-8-14(27-6-2-1-3-20(27)29)4-5-17(16)25-19(28)10-26-9-13(24)7-15(26)11-30-12-18(22)23/h1-6,8,13,15,18H,7,9-12,24H2,(H,25,28)/t13-,15+/m1/s1. The molecule has 0 aliphatic carbocycles. The van der Waals surface area contributed by atoms with Gasteiger partial charge >= 0.3 is 0 Å². The Bertz CT molecular complexity index is 938. The zero-order chi connectivity index (χ0) is 21.7. The van der Waals surface area contributed by atoms with Crippen molar-refractivity contribution >= 4 is 11.6 Å². The van der Waals surface area contributed by atoms with E-state index >= 15 is 0 Å². The van der Waals surface area contributed by atoms with Crippen LogP contribution in [-0.4, -0.2) is 60.2 Å². The lowest BCUT2D eigenvalue weighted by Crippen LogP contribution is -2.40. The number of hydrogen-bond donors (Lipinski definition) is 2. The fourth-order valence-electron chi connectivity index (χ4n) is 3.45. The maximum absolute atomic E-state index is 14.5. The van der Waals surface area contributed by atoms with E-state index in [0.29, 0.717) is 18.7 Å². The minimum atomic E-state index is -2.56. The monoisotopic (exact) mass is 424 g/mol. The lowest BCUT2D eigenvalue weighted by Gasteiger charge is -2.23. The number of nitrogens with two attached hydrogens (primary N) is 1. The average molecular weight is 424 g/mol. The van der Waals surface area contributed by atoms with Gasteiger partial charge in [-0.3, -0.25) is 19.1 Å².